The third-order valence-corrected chi connectivity index (χ3v) is 3.08. The van der Waals surface area contributed by atoms with Gasteiger partial charge in [-0.25, -0.2) is 8.78 Å². The minimum absolute atomic E-state index is 0.00852. The standard InChI is InChI=1S/C11H9ClF2O/c12-7-4-5-8(13)10(14)9(7)11(15)6-2-1-3-6/h4-6H,1-3H2. The summed E-state index contributed by atoms with van der Waals surface area (Å²) in [5.41, 5.74) is -0.290. The molecule has 0 aliphatic heterocycles. The van der Waals surface area contributed by atoms with Gasteiger partial charge in [0, 0.05) is 5.92 Å². The van der Waals surface area contributed by atoms with E-state index in [4.69, 9.17) is 11.6 Å². The average molecular weight is 231 g/mol. The molecule has 0 radical (unpaired) electrons. The lowest BCUT2D eigenvalue weighted by molar-refractivity contribution is 0.0850. The van der Waals surface area contributed by atoms with Crippen LogP contribution in [0.1, 0.15) is 29.6 Å². The van der Waals surface area contributed by atoms with E-state index < -0.39 is 11.6 Å². The average Bonchev–Trinajstić information content (AvgIpc) is 2.09. The van der Waals surface area contributed by atoms with Crippen LogP contribution in [0.5, 0.6) is 0 Å². The maximum absolute atomic E-state index is 13.4. The molecule has 0 bridgehead atoms. The van der Waals surface area contributed by atoms with Crippen molar-refractivity contribution in [1.29, 1.82) is 0 Å². The minimum atomic E-state index is -1.13. The number of hydrogen-bond donors (Lipinski definition) is 0. The summed E-state index contributed by atoms with van der Waals surface area (Å²) in [6.07, 6.45) is 2.45. The van der Waals surface area contributed by atoms with Crippen molar-refractivity contribution in [2.24, 2.45) is 5.92 Å². The highest BCUT2D eigenvalue weighted by Crippen LogP contribution is 2.33. The van der Waals surface area contributed by atoms with Gasteiger partial charge in [-0.05, 0) is 25.0 Å². The first-order chi connectivity index (χ1) is 7.11. The molecule has 0 saturated heterocycles. The highest BCUT2D eigenvalue weighted by molar-refractivity contribution is 6.34. The SMILES string of the molecule is O=C(c1c(Cl)ccc(F)c1F)C1CCC1. The van der Waals surface area contributed by atoms with Crippen LogP contribution < -0.4 is 0 Å². The van der Waals surface area contributed by atoms with Crippen molar-refractivity contribution in [2.75, 3.05) is 0 Å². The van der Waals surface area contributed by atoms with Crippen molar-refractivity contribution in [1.82, 2.24) is 0 Å². The van der Waals surface area contributed by atoms with Crippen molar-refractivity contribution in [3.05, 3.63) is 34.4 Å². The zero-order chi connectivity index (χ0) is 11.0. The van der Waals surface area contributed by atoms with Gasteiger partial charge in [0.25, 0.3) is 0 Å². The van der Waals surface area contributed by atoms with Crippen LogP contribution in [0.3, 0.4) is 0 Å². The highest BCUT2D eigenvalue weighted by Gasteiger charge is 2.30. The van der Waals surface area contributed by atoms with E-state index in [0.717, 1.165) is 25.3 Å². The van der Waals surface area contributed by atoms with Gasteiger partial charge >= 0.3 is 0 Å². The number of carbonyl (C=O) groups is 1. The predicted octanol–water partition coefficient (Wildman–Crippen LogP) is 3.60. The lowest BCUT2D eigenvalue weighted by Crippen LogP contribution is -2.23. The predicted molar refractivity (Wildman–Crippen MR) is 53.0 cm³/mol. The molecule has 1 aromatic carbocycles. The molecule has 0 heterocycles. The number of ketones is 1. The first-order valence-corrected chi connectivity index (χ1v) is 5.16. The molecular weight excluding hydrogens is 222 g/mol. The summed E-state index contributed by atoms with van der Waals surface area (Å²) in [7, 11) is 0. The lowest BCUT2D eigenvalue weighted by atomic mass is 9.80. The van der Waals surface area contributed by atoms with Crippen LogP contribution in [0, 0.1) is 17.6 Å². The maximum Gasteiger partial charge on any atom is 0.171 e. The molecule has 4 heteroatoms. The van der Waals surface area contributed by atoms with E-state index in [1.165, 1.54) is 6.07 Å². The van der Waals surface area contributed by atoms with Gasteiger partial charge in [-0.3, -0.25) is 4.79 Å². The van der Waals surface area contributed by atoms with Gasteiger partial charge in [0.15, 0.2) is 17.4 Å². The van der Waals surface area contributed by atoms with Crippen molar-refractivity contribution in [3.8, 4) is 0 Å². The van der Waals surface area contributed by atoms with Gasteiger partial charge in [0.1, 0.15) is 0 Å². The Kier molecular flexibility index (Phi) is 2.74. The Morgan fingerprint density at radius 1 is 1.33 bits per heavy atom. The zero-order valence-electron chi connectivity index (χ0n) is 7.90. The second-order valence-electron chi connectivity index (χ2n) is 3.71. The van der Waals surface area contributed by atoms with E-state index in [1.54, 1.807) is 0 Å². The summed E-state index contributed by atoms with van der Waals surface area (Å²) in [6, 6.07) is 2.14. The quantitative estimate of drug-likeness (QED) is 0.560. The monoisotopic (exact) mass is 230 g/mol. The van der Waals surface area contributed by atoms with E-state index >= 15 is 0 Å². The summed E-state index contributed by atoms with van der Waals surface area (Å²) in [5.74, 6) is -2.71. The topological polar surface area (TPSA) is 17.1 Å². The Balaban J connectivity index is 2.41. The van der Waals surface area contributed by atoms with Crippen LogP contribution in [0.15, 0.2) is 12.1 Å². The van der Waals surface area contributed by atoms with Gasteiger partial charge in [0.05, 0.1) is 10.6 Å². The largest absolute Gasteiger partial charge is 0.294 e. The number of halogens is 3. The van der Waals surface area contributed by atoms with Crippen molar-refractivity contribution in [2.45, 2.75) is 19.3 Å². The molecule has 2 rings (SSSR count). The summed E-state index contributed by atoms with van der Waals surface area (Å²) in [6.45, 7) is 0. The van der Waals surface area contributed by atoms with Crippen molar-refractivity contribution >= 4 is 17.4 Å². The maximum atomic E-state index is 13.4. The molecule has 1 saturated carbocycles. The Hall–Kier alpha value is -0.960. The second kappa shape index (κ2) is 3.89. The molecule has 0 N–H and O–H groups in total. The summed E-state index contributed by atoms with van der Waals surface area (Å²) in [4.78, 5) is 11.7. The van der Waals surface area contributed by atoms with Crippen LogP contribution >= 0.6 is 11.6 Å². The van der Waals surface area contributed by atoms with Crippen molar-refractivity contribution in [3.63, 3.8) is 0 Å². The molecule has 1 fully saturated rings. The number of carbonyl (C=O) groups excluding carboxylic acids is 1. The van der Waals surface area contributed by atoms with E-state index in [1.807, 2.05) is 0 Å². The molecule has 1 aromatic rings. The molecule has 80 valence electrons. The van der Waals surface area contributed by atoms with Gasteiger partial charge in [-0.1, -0.05) is 18.0 Å². The molecule has 0 aromatic heterocycles. The fourth-order valence-electron chi connectivity index (χ4n) is 1.63. The van der Waals surface area contributed by atoms with Crippen LogP contribution in [0.4, 0.5) is 8.78 Å². The molecule has 1 nitrogen and oxygen atoms in total. The Bertz CT molecular complexity index is 413. The zero-order valence-corrected chi connectivity index (χ0v) is 8.65. The van der Waals surface area contributed by atoms with Gasteiger partial charge in [-0.2, -0.15) is 0 Å². The number of Topliss-reactive ketones (excluding diaryl/α,β-unsaturated/α-hetero) is 1. The van der Waals surface area contributed by atoms with Crippen LogP contribution in [0.2, 0.25) is 5.02 Å². The Morgan fingerprint density at radius 3 is 2.53 bits per heavy atom. The van der Waals surface area contributed by atoms with Crippen LogP contribution in [-0.2, 0) is 0 Å². The van der Waals surface area contributed by atoms with Crippen LogP contribution in [0.25, 0.3) is 0 Å². The fraction of sp³-hybridized carbons (Fsp3) is 0.364. The molecule has 0 amide bonds. The summed E-state index contributed by atoms with van der Waals surface area (Å²) in [5, 5.41) is -0.00852. The molecule has 1 aliphatic carbocycles. The molecule has 1 aliphatic rings. The molecule has 0 atom stereocenters. The Morgan fingerprint density at radius 2 is 2.00 bits per heavy atom. The minimum Gasteiger partial charge on any atom is -0.294 e. The van der Waals surface area contributed by atoms with Crippen LogP contribution in [-0.4, -0.2) is 5.78 Å². The number of benzene rings is 1. The summed E-state index contributed by atoms with van der Waals surface area (Å²) >= 11 is 5.69. The van der Waals surface area contributed by atoms with E-state index in [-0.39, 0.29) is 22.3 Å². The van der Waals surface area contributed by atoms with Crippen molar-refractivity contribution < 1.29 is 13.6 Å². The smallest absolute Gasteiger partial charge is 0.171 e. The first kappa shape index (κ1) is 10.6. The molecule has 15 heavy (non-hydrogen) atoms. The molecular formula is C11H9ClF2O. The highest BCUT2D eigenvalue weighted by atomic mass is 35.5. The summed E-state index contributed by atoms with van der Waals surface area (Å²) < 4.78 is 26.3. The third-order valence-electron chi connectivity index (χ3n) is 2.77. The van der Waals surface area contributed by atoms with E-state index in [9.17, 15) is 13.6 Å². The van der Waals surface area contributed by atoms with E-state index in [2.05, 4.69) is 0 Å². The lowest BCUT2D eigenvalue weighted by Gasteiger charge is -2.24. The first-order valence-electron chi connectivity index (χ1n) is 4.79. The van der Waals surface area contributed by atoms with Gasteiger partial charge < -0.3 is 0 Å². The van der Waals surface area contributed by atoms with E-state index in [0.29, 0.717) is 0 Å². The molecule has 0 spiro atoms. The second-order valence-corrected chi connectivity index (χ2v) is 4.12. The molecule has 0 unspecified atom stereocenters. The Labute approximate surface area is 91.0 Å². The third kappa shape index (κ3) is 1.76. The number of rotatable bonds is 2. The normalized spacial score (nSPS) is 16.2. The fourth-order valence-corrected chi connectivity index (χ4v) is 1.87. The number of hydrogen-bond acceptors (Lipinski definition) is 1. The van der Waals surface area contributed by atoms with Gasteiger partial charge in [0.2, 0.25) is 0 Å². The van der Waals surface area contributed by atoms with Gasteiger partial charge in [-0.15, -0.1) is 0 Å².